The number of ether oxygens (including phenoxy) is 3. The van der Waals surface area contributed by atoms with Crippen molar-refractivity contribution in [3.05, 3.63) is 37.2 Å². The predicted octanol–water partition coefficient (Wildman–Crippen LogP) is 12.2. The van der Waals surface area contributed by atoms with Gasteiger partial charge in [-0.05, 0) is 6.92 Å². The lowest BCUT2D eigenvalue weighted by Gasteiger charge is -2.33. The van der Waals surface area contributed by atoms with Crippen molar-refractivity contribution in [2.75, 3.05) is 13.9 Å². The molecule has 30 heteroatoms. The molecule has 0 heterocycles. The van der Waals surface area contributed by atoms with Crippen molar-refractivity contribution in [3.8, 4) is 0 Å². The van der Waals surface area contributed by atoms with Crippen LogP contribution in [0, 0.1) is 5.92 Å². The third kappa shape index (κ3) is 16.5. The summed E-state index contributed by atoms with van der Waals surface area (Å²) in [7, 11) is 0.500. The van der Waals surface area contributed by atoms with Crippen LogP contribution in [0.5, 0.6) is 0 Å². The maximum absolute atomic E-state index is 12.7. The molecule has 0 aliphatic rings. The van der Waals surface area contributed by atoms with Gasteiger partial charge in [0.15, 0.2) is 24.2 Å². The summed E-state index contributed by atoms with van der Waals surface area (Å²) in [6, 6.07) is 0. The Kier molecular flexibility index (Phi) is 22.0. The minimum Gasteiger partial charge on any atom is -0.269 e. The molecule has 0 aliphatic carbocycles. The molecule has 0 radical (unpaired) electrons. The van der Waals surface area contributed by atoms with E-state index in [-0.39, 0.29) is 11.6 Å². The fourth-order valence-electron chi connectivity index (χ4n) is 1.59. The van der Waals surface area contributed by atoms with E-state index in [0.717, 1.165) is 0 Å². The Balaban J connectivity index is -0.000000206. The van der Waals surface area contributed by atoms with E-state index in [1.165, 1.54) is 0 Å². The zero-order chi connectivity index (χ0) is 42.8. The van der Waals surface area contributed by atoms with Gasteiger partial charge in [0.25, 0.3) is 0 Å². The summed E-state index contributed by atoms with van der Waals surface area (Å²) < 4.78 is 321. The van der Waals surface area contributed by atoms with Gasteiger partial charge in [0.05, 0.1) is 7.18 Å². The third-order valence-electron chi connectivity index (χ3n) is 4.58. The summed E-state index contributed by atoms with van der Waals surface area (Å²) in [5.41, 5.74) is 0. The number of alkyl halides is 23. The van der Waals surface area contributed by atoms with E-state index >= 15 is 0 Å². The topological polar surface area (TPSA) is 27.7 Å². The van der Waals surface area contributed by atoms with Crippen LogP contribution in [-0.2, 0) is 14.2 Å². The van der Waals surface area contributed by atoms with Gasteiger partial charge in [0.2, 0.25) is 0 Å². The first kappa shape index (κ1) is 58.5. The Morgan fingerprint density at radius 3 is 1.02 bits per heavy atom. The van der Waals surface area contributed by atoms with Crippen LogP contribution in [0.15, 0.2) is 37.2 Å². The van der Waals surface area contributed by atoms with Gasteiger partial charge in [-0.15, -0.1) is 0 Å². The highest BCUT2D eigenvalue weighted by Crippen LogP contribution is 2.50. The Morgan fingerprint density at radius 2 is 0.788 bits per heavy atom. The van der Waals surface area contributed by atoms with Crippen molar-refractivity contribution < 1.29 is 133 Å². The van der Waals surface area contributed by atoms with Crippen molar-refractivity contribution in [1.82, 2.24) is 0 Å². The Labute approximate surface area is 272 Å². The molecule has 0 saturated carbocycles. The molecule has 0 bridgehead atoms. The molecule has 0 fully saturated rings. The van der Waals surface area contributed by atoms with Crippen molar-refractivity contribution in [2.24, 2.45) is 5.92 Å². The first-order valence-corrected chi connectivity index (χ1v) is 11.5. The first-order chi connectivity index (χ1) is 22.0. The minimum absolute atomic E-state index is 0. The Bertz CT molecular complexity index is 1110. The second-order valence-corrected chi connectivity index (χ2v) is 8.40. The molecule has 0 aromatic rings. The highest BCUT2D eigenvalue weighted by Gasteiger charge is 2.74. The molecule has 316 valence electrons. The molecular formula is C22H21F27O3. The third-order valence-corrected chi connectivity index (χ3v) is 4.58. The van der Waals surface area contributed by atoms with Gasteiger partial charge in [-0.3, -0.25) is 9.09 Å². The zero-order valence-corrected chi connectivity index (χ0v) is 25.1. The predicted molar refractivity (Wildman–Crippen MR) is 120 cm³/mol. The standard InChI is InChI=1S/C8H7F9O.C7H6F8O.C6H4F8O.CH3F.FH/c1-3-5(10,11)7(14,15)8(16,17)18-6(12,13)4(2)9;1-3(5(9,10)11)6(12,13)16-7(14,15)4(2)8;1-3(8)5(11,12)15-6(13,14)4(9,10)2-7;1-2;/h2-3H2,1H3;3H,2H2,1H3;1-2H2;1H3;1H. The summed E-state index contributed by atoms with van der Waals surface area (Å²) in [6.45, 7) is 3.17. The van der Waals surface area contributed by atoms with E-state index in [1.807, 2.05) is 19.7 Å². The molecule has 1 unspecified atom stereocenters. The Morgan fingerprint density at radius 1 is 0.519 bits per heavy atom. The van der Waals surface area contributed by atoms with E-state index in [2.05, 4.69) is 14.2 Å². The molecule has 0 aromatic carbocycles. The maximum atomic E-state index is 12.7. The number of rotatable bonds is 15. The number of hydrogen-bond donors (Lipinski definition) is 0. The lowest BCUT2D eigenvalue weighted by Crippen LogP contribution is -2.57. The Hall–Kier alpha value is -2.79. The van der Waals surface area contributed by atoms with Crippen molar-refractivity contribution >= 4 is 0 Å². The van der Waals surface area contributed by atoms with Crippen LogP contribution in [0.4, 0.5) is 119 Å². The van der Waals surface area contributed by atoms with Gasteiger partial charge in [-0.25, -0.2) is 31.8 Å². The van der Waals surface area contributed by atoms with Crippen LogP contribution in [0.25, 0.3) is 0 Å². The van der Waals surface area contributed by atoms with Crippen LogP contribution in [0.1, 0.15) is 20.3 Å². The zero-order valence-electron chi connectivity index (χ0n) is 25.1. The largest absolute Gasteiger partial charge is 0.430 e. The lowest BCUT2D eigenvalue weighted by molar-refractivity contribution is -0.451. The smallest absolute Gasteiger partial charge is 0.269 e. The average Bonchev–Trinajstić information content (AvgIpc) is 2.91. The SMILES string of the molecule is C=C(F)C(F)(F)OC(F)(F)C(C)C(F)(F)F.C=C(F)C(F)(F)OC(F)(F)C(F)(F)C(F)(F)CC.C=C(F)C(F)(F)OC(F)(F)C(F)(F)CF.CF.F. The molecular weight excluding hydrogens is 825 g/mol. The van der Waals surface area contributed by atoms with Crippen LogP contribution in [0.2, 0.25) is 0 Å². The van der Waals surface area contributed by atoms with Gasteiger partial charge in [0.1, 0.15) is 5.92 Å². The van der Waals surface area contributed by atoms with Crippen LogP contribution in [-0.4, -0.2) is 74.4 Å². The molecule has 0 amide bonds. The highest BCUT2D eigenvalue weighted by molar-refractivity contribution is 4.97. The highest BCUT2D eigenvalue weighted by atomic mass is 19.4. The van der Waals surface area contributed by atoms with E-state index in [4.69, 9.17) is 0 Å². The van der Waals surface area contributed by atoms with E-state index < -0.39 is 97.1 Å². The van der Waals surface area contributed by atoms with Gasteiger partial charge in [-0.2, -0.15) is 92.2 Å². The van der Waals surface area contributed by atoms with Crippen LogP contribution < -0.4 is 0 Å². The van der Waals surface area contributed by atoms with E-state index in [1.54, 1.807) is 0 Å². The molecule has 3 nitrogen and oxygen atoms in total. The summed E-state index contributed by atoms with van der Waals surface area (Å²) >= 11 is 0. The second-order valence-electron chi connectivity index (χ2n) is 8.40. The second kappa shape index (κ2) is 19.5. The van der Waals surface area contributed by atoms with Crippen LogP contribution in [0.3, 0.4) is 0 Å². The first-order valence-electron chi connectivity index (χ1n) is 11.5. The van der Waals surface area contributed by atoms with Gasteiger partial charge in [0, 0.05) is 6.42 Å². The molecule has 1 atom stereocenters. The van der Waals surface area contributed by atoms with Crippen molar-refractivity contribution in [2.45, 2.75) is 80.9 Å². The molecule has 0 rings (SSSR count). The van der Waals surface area contributed by atoms with Crippen molar-refractivity contribution in [1.29, 1.82) is 0 Å². The summed E-state index contributed by atoms with van der Waals surface area (Å²) in [5.74, 6) is -28.7. The van der Waals surface area contributed by atoms with E-state index in [0.29, 0.717) is 14.1 Å². The fourth-order valence-corrected chi connectivity index (χ4v) is 1.59. The van der Waals surface area contributed by atoms with E-state index in [9.17, 15) is 114 Å². The maximum Gasteiger partial charge on any atom is 0.430 e. The average molecular weight is 846 g/mol. The molecule has 0 N–H and O–H groups in total. The molecule has 0 aromatic heterocycles. The summed E-state index contributed by atoms with van der Waals surface area (Å²) in [6.07, 6.45) is -40.6. The normalized spacial score (nSPS) is 14.2. The van der Waals surface area contributed by atoms with Crippen LogP contribution >= 0.6 is 0 Å². The fraction of sp³-hybridized carbons (Fsp3) is 0.727. The number of hydrogen-bond acceptors (Lipinski definition) is 3. The minimum atomic E-state index is -6.29. The molecule has 0 aliphatic heterocycles. The van der Waals surface area contributed by atoms with Gasteiger partial charge >= 0.3 is 60.6 Å². The van der Waals surface area contributed by atoms with Gasteiger partial charge in [-0.1, -0.05) is 26.7 Å². The monoisotopic (exact) mass is 846 g/mol. The lowest BCUT2D eigenvalue weighted by atomic mass is 10.1. The summed E-state index contributed by atoms with van der Waals surface area (Å²) in [5, 5.41) is 0. The van der Waals surface area contributed by atoms with Crippen molar-refractivity contribution in [3.63, 3.8) is 0 Å². The summed E-state index contributed by atoms with van der Waals surface area (Å²) in [4.78, 5) is 0. The number of halogens is 27. The molecule has 0 spiro atoms. The molecule has 52 heavy (non-hydrogen) atoms. The quantitative estimate of drug-likeness (QED) is 0.154. The molecule has 0 saturated heterocycles. The van der Waals surface area contributed by atoms with Gasteiger partial charge < -0.3 is 0 Å².